The van der Waals surface area contributed by atoms with Crippen molar-refractivity contribution < 1.29 is 4.79 Å². The molecule has 1 heterocycles. The number of ketones is 1. The number of rotatable bonds is 2. The van der Waals surface area contributed by atoms with Gasteiger partial charge in [-0.15, -0.1) is 0 Å². The normalized spacial score (nSPS) is 8.54. The molecule has 0 aromatic carbocycles. The number of aryl methyl sites for hydroxylation is 1. The molecule has 0 fully saturated rings. The van der Waals surface area contributed by atoms with Gasteiger partial charge in [0.1, 0.15) is 5.69 Å². The van der Waals surface area contributed by atoms with Crippen LogP contribution in [0.5, 0.6) is 0 Å². The molecule has 1 rings (SSSR count). The molecular formula is C10H14BNO. The van der Waals surface area contributed by atoms with Crippen molar-refractivity contribution in [3.05, 3.63) is 29.6 Å². The summed E-state index contributed by atoms with van der Waals surface area (Å²) in [5.41, 5.74) is 1.48. The van der Waals surface area contributed by atoms with Gasteiger partial charge in [-0.3, -0.25) is 9.78 Å². The summed E-state index contributed by atoms with van der Waals surface area (Å²) in [4.78, 5) is 14.9. The standard InChI is InChI=1S/C8H8BNO.C2H6/c1-6-2-3-7(10-5-6)8(11)4-9;1-2/h2-3,5H,4H2,1H3;1-2H3. The molecule has 2 nitrogen and oxygen atoms in total. The van der Waals surface area contributed by atoms with Crippen molar-refractivity contribution in [2.75, 3.05) is 0 Å². The average Bonchev–Trinajstić information content (AvgIpc) is 2.21. The summed E-state index contributed by atoms with van der Waals surface area (Å²) in [5, 5.41) is 0. The Bertz CT molecular complexity index is 256. The van der Waals surface area contributed by atoms with Gasteiger partial charge in [0.2, 0.25) is 0 Å². The minimum Gasteiger partial charge on any atom is -0.293 e. The van der Waals surface area contributed by atoms with E-state index in [2.05, 4.69) is 4.98 Å². The van der Waals surface area contributed by atoms with Gasteiger partial charge >= 0.3 is 0 Å². The van der Waals surface area contributed by atoms with Crippen LogP contribution in [0.15, 0.2) is 18.3 Å². The number of hydrogen-bond acceptors (Lipinski definition) is 2. The first-order valence-corrected chi connectivity index (χ1v) is 4.40. The smallest absolute Gasteiger partial charge is 0.172 e. The molecule has 0 bridgehead atoms. The summed E-state index contributed by atoms with van der Waals surface area (Å²) in [5.74, 6) is -0.120. The second-order valence-corrected chi connectivity index (χ2v) is 2.35. The Balaban J connectivity index is 0.000000671. The molecule has 1 aromatic heterocycles. The maximum Gasteiger partial charge on any atom is 0.172 e. The van der Waals surface area contributed by atoms with Crippen LogP contribution in [0.25, 0.3) is 0 Å². The van der Waals surface area contributed by atoms with Crippen LogP contribution >= 0.6 is 0 Å². The van der Waals surface area contributed by atoms with E-state index in [1.165, 1.54) is 0 Å². The van der Waals surface area contributed by atoms with Gasteiger partial charge in [0.25, 0.3) is 0 Å². The van der Waals surface area contributed by atoms with Crippen molar-refractivity contribution in [1.82, 2.24) is 4.98 Å². The lowest BCUT2D eigenvalue weighted by molar-refractivity contribution is 0.101. The van der Waals surface area contributed by atoms with E-state index in [-0.39, 0.29) is 12.1 Å². The fourth-order valence-corrected chi connectivity index (χ4v) is 0.737. The lowest BCUT2D eigenvalue weighted by atomic mass is 9.99. The van der Waals surface area contributed by atoms with Gasteiger partial charge in [-0.1, -0.05) is 19.9 Å². The van der Waals surface area contributed by atoms with E-state index in [0.717, 1.165) is 5.56 Å². The van der Waals surface area contributed by atoms with Crippen molar-refractivity contribution in [2.45, 2.75) is 27.1 Å². The van der Waals surface area contributed by atoms with Crippen LogP contribution in [0.2, 0.25) is 6.32 Å². The molecule has 0 amide bonds. The highest BCUT2D eigenvalue weighted by Gasteiger charge is 2.01. The summed E-state index contributed by atoms with van der Waals surface area (Å²) < 4.78 is 0. The molecule has 0 N–H and O–H groups in total. The molecule has 3 heteroatoms. The molecule has 2 radical (unpaired) electrons. The van der Waals surface area contributed by atoms with E-state index in [9.17, 15) is 4.79 Å². The number of hydrogen-bond donors (Lipinski definition) is 0. The molecular weight excluding hydrogens is 161 g/mol. The second-order valence-electron chi connectivity index (χ2n) is 2.35. The summed E-state index contributed by atoms with van der Waals surface area (Å²) in [6, 6.07) is 3.53. The summed E-state index contributed by atoms with van der Waals surface area (Å²) in [7, 11) is 5.15. The highest BCUT2D eigenvalue weighted by atomic mass is 16.1. The molecule has 0 saturated carbocycles. The van der Waals surface area contributed by atoms with Crippen molar-refractivity contribution in [3.63, 3.8) is 0 Å². The van der Waals surface area contributed by atoms with E-state index in [4.69, 9.17) is 7.85 Å². The predicted molar refractivity (Wildman–Crippen MR) is 55.2 cm³/mol. The molecule has 1 aromatic rings. The summed E-state index contributed by atoms with van der Waals surface area (Å²) in [6.07, 6.45) is 1.68. The minimum absolute atomic E-state index is 0.0239. The maximum absolute atomic E-state index is 10.9. The van der Waals surface area contributed by atoms with Crippen LogP contribution in [-0.2, 0) is 0 Å². The number of Topliss-reactive ketones (excluding diaryl/α,β-unsaturated/α-hetero) is 1. The van der Waals surface area contributed by atoms with Crippen molar-refractivity contribution in [3.8, 4) is 0 Å². The molecule has 0 saturated heterocycles. The average molecular weight is 175 g/mol. The second kappa shape index (κ2) is 6.41. The third-order valence-electron chi connectivity index (χ3n) is 1.38. The third-order valence-corrected chi connectivity index (χ3v) is 1.38. The van der Waals surface area contributed by atoms with Crippen LogP contribution in [0.1, 0.15) is 29.9 Å². The molecule has 0 aliphatic heterocycles. The van der Waals surface area contributed by atoms with E-state index in [1.54, 1.807) is 12.3 Å². The highest BCUT2D eigenvalue weighted by molar-refractivity contribution is 6.23. The Hall–Kier alpha value is -1.12. The number of carbonyl (C=O) groups excluding carboxylic acids is 1. The Kier molecular flexibility index (Phi) is 5.86. The summed E-state index contributed by atoms with van der Waals surface area (Å²) >= 11 is 0. The quantitative estimate of drug-likeness (QED) is 0.509. The molecule has 0 atom stereocenters. The van der Waals surface area contributed by atoms with E-state index >= 15 is 0 Å². The van der Waals surface area contributed by atoms with E-state index in [1.807, 2.05) is 26.8 Å². The van der Waals surface area contributed by atoms with Gasteiger partial charge in [-0.2, -0.15) is 0 Å². The van der Waals surface area contributed by atoms with Gasteiger partial charge < -0.3 is 0 Å². The molecule has 0 aliphatic carbocycles. The van der Waals surface area contributed by atoms with Crippen LogP contribution in [0, 0.1) is 6.92 Å². The molecule has 13 heavy (non-hydrogen) atoms. The summed E-state index contributed by atoms with van der Waals surface area (Å²) in [6.45, 7) is 5.92. The fourth-order valence-electron chi connectivity index (χ4n) is 0.737. The lowest BCUT2D eigenvalue weighted by Gasteiger charge is -1.95. The SMILES string of the molecule is CC.[B]CC(=O)c1ccc(C)cn1. The fraction of sp³-hybridized carbons (Fsp3) is 0.400. The zero-order valence-electron chi connectivity index (χ0n) is 8.37. The molecule has 0 unspecified atom stereocenters. The topological polar surface area (TPSA) is 30.0 Å². The number of carbonyl (C=O) groups is 1. The predicted octanol–water partition coefficient (Wildman–Crippen LogP) is 2.19. The van der Waals surface area contributed by atoms with Crippen molar-refractivity contribution in [1.29, 1.82) is 0 Å². The minimum atomic E-state index is -0.120. The van der Waals surface area contributed by atoms with Gasteiger partial charge in [0, 0.05) is 6.20 Å². The van der Waals surface area contributed by atoms with Crippen LogP contribution in [0.3, 0.4) is 0 Å². The third kappa shape index (κ3) is 3.88. The van der Waals surface area contributed by atoms with Gasteiger partial charge in [-0.25, -0.2) is 0 Å². The zero-order chi connectivity index (χ0) is 10.3. The van der Waals surface area contributed by atoms with E-state index in [0.29, 0.717) is 5.69 Å². The largest absolute Gasteiger partial charge is 0.293 e. The van der Waals surface area contributed by atoms with Crippen LogP contribution in [0.4, 0.5) is 0 Å². The van der Waals surface area contributed by atoms with Gasteiger partial charge in [0.15, 0.2) is 5.78 Å². The highest BCUT2D eigenvalue weighted by Crippen LogP contribution is 2.00. The van der Waals surface area contributed by atoms with E-state index < -0.39 is 0 Å². The first-order valence-electron chi connectivity index (χ1n) is 4.40. The molecule has 0 spiro atoms. The monoisotopic (exact) mass is 175 g/mol. The van der Waals surface area contributed by atoms with Gasteiger partial charge in [0.05, 0.1) is 7.85 Å². The van der Waals surface area contributed by atoms with Crippen LogP contribution < -0.4 is 0 Å². The first-order chi connectivity index (χ1) is 6.24. The Morgan fingerprint density at radius 1 is 1.46 bits per heavy atom. The maximum atomic E-state index is 10.9. The van der Waals surface area contributed by atoms with Crippen molar-refractivity contribution >= 4 is 13.6 Å². The number of aromatic nitrogens is 1. The Morgan fingerprint density at radius 2 is 2.08 bits per heavy atom. The Morgan fingerprint density at radius 3 is 2.46 bits per heavy atom. The lowest BCUT2D eigenvalue weighted by Crippen LogP contribution is -2.00. The van der Waals surface area contributed by atoms with Crippen LogP contribution in [-0.4, -0.2) is 18.6 Å². The Labute approximate surface area is 80.8 Å². The number of pyridine rings is 1. The first kappa shape index (κ1) is 11.9. The molecule has 0 aliphatic rings. The zero-order valence-corrected chi connectivity index (χ0v) is 8.37. The molecule has 68 valence electrons. The van der Waals surface area contributed by atoms with Crippen molar-refractivity contribution in [2.24, 2.45) is 0 Å². The number of nitrogens with zero attached hydrogens (tertiary/aromatic N) is 1. The van der Waals surface area contributed by atoms with Gasteiger partial charge in [-0.05, 0) is 24.9 Å².